The molecule has 0 saturated heterocycles. The molecule has 1 atom stereocenters. The fourth-order valence-electron chi connectivity index (χ4n) is 4.80. The highest BCUT2D eigenvalue weighted by atomic mass is 127. The molecule has 7 nitrogen and oxygen atoms in total. The van der Waals surface area contributed by atoms with Gasteiger partial charge in [-0.3, -0.25) is 13.9 Å². The molecular weight excluding hydrogens is 625 g/mol. The molecule has 206 valence electrons. The van der Waals surface area contributed by atoms with E-state index >= 15 is 0 Å². The van der Waals surface area contributed by atoms with Crippen molar-refractivity contribution in [1.82, 2.24) is 10.2 Å². The SMILES string of the molecule is Cc1ccccc1CN(C(=O)CN(c1ccc(I)cc1)S(=O)(=O)c1ccccc1)[C@H](C)C(=O)NC1CCCC1. The van der Waals surface area contributed by atoms with Crippen LogP contribution in [-0.4, -0.2) is 43.8 Å². The van der Waals surface area contributed by atoms with Gasteiger partial charge in [0.05, 0.1) is 10.6 Å². The van der Waals surface area contributed by atoms with E-state index in [1.807, 2.05) is 31.2 Å². The van der Waals surface area contributed by atoms with Crippen LogP contribution in [0.15, 0.2) is 83.8 Å². The third-order valence-corrected chi connectivity index (χ3v) is 9.70. The molecule has 1 fully saturated rings. The minimum atomic E-state index is -4.06. The van der Waals surface area contributed by atoms with Gasteiger partial charge in [-0.1, -0.05) is 55.3 Å². The number of hydrogen-bond donors (Lipinski definition) is 1. The molecule has 1 aliphatic carbocycles. The Morgan fingerprint density at radius 2 is 1.56 bits per heavy atom. The summed E-state index contributed by atoms with van der Waals surface area (Å²) in [6.07, 6.45) is 4.02. The summed E-state index contributed by atoms with van der Waals surface area (Å²) >= 11 is 2.15. The minimum absolute atomic E-state index is 0.0915. The summed E-state index contributed by atoms with van der Waals surface area (Å²) in [4.78, 5) is 28.9. The maximum absolute atomic E-state index is 14.0. The second kappa shape index (κ2) is 13.0. The highest BCUT2D eigenvalue weighted by Gasteiger charge is 2.33. The van der Waals surface area contributed by atoms with Crippen LogP contribution in [0.5, 0.6) is 0 Å². The van der Waals surface area contributed by atoms with Gasteiger partial charge < -0.3 is 10.2 Å². The van der Waals surface area contributed by atoms with Gasteiger partial charge in [0.1, 0.15) is 12.6 Å². The number of aryl methyl sites for hydroxylation is 1. The van der Waals surface area contributed by atoms with Crippen LogP contribution in [0.3, 0.4) is 0 Å². The summed E-state index contributed by atoms with van der Waals surface area (Å²) in [6, 6.07) is 22.1. The quantitative estimate of drug-likeness (QED) is 0.301. The number of rotatable bonds is 10. The van der Waals surface area contributed by atoms with Crippen molar-refractivity contribution in [1.29, 1.82) is 0 Å². The zero-order valence-corrected chi connectivity index (χ0v) is 25.2. The molecule has 0 aliphatic heterocycles. The van der Waals surface area contributed by atoms with Crippen LogP contribution < -0.4 is 9.62 Å². The average Bonchev–Trinajstić information content (AvgIpc) is 3.45. The van der Waals surface area contributed by atoms with E-state index < -0.39 is 28.5 Å². The number of sulfonamides is 1. The maximum atomic E-state index is 14.0. The van der Waals surface area contributed by atoms with E-state index in [9.17, 15) is 18.0 Å². The second-order valence-electron chi connectivity index (χ2n) is 9.92. The van der Waals surface area contributed by atoms with Crippen LogP contribution in [0.1, 0.15) is 43.7 Å². The Morgan fingerprint density at radius 3 is 2.21 bits per heavy atom. The molecular formula is C30H34IN3O4S. The predicted molar refractivity (Wildman–Crippen MR) is 162 cm³/mol. The number of hydrogen-bond acceptors (Lipinski definition) is 4. The monoisotopic (exact) mass is 659 g/mol. The van der Waals surface area contributed by atoms with Gasteiger partial charge in [-0.2, -0.15) is 0 Å². The lowest BCUT2D eigenvalue weighted by Gasteiger charge is -2.32. The first-order chi connectivity index (χ1) is 18.7. The van der Waals surface area contributed by atoms with Crippen molar-refractivity contribution in [3.63, 3.8) is 0 Å². The summed E-state index contributed by atoms with van der Waals surface area (Å²) in [5, 5.41) is 3.10. The third-order valence-electron chi connectivity index (χ3n) is 7.20. The molecule has 0 heterocycles. The topological polar surface area (TPSA) is 86.8 Å². The third kappa shape index (κ3) is 7.19. The van der Waals surface area contributed by atoms with Gasteiger partial charge in [0.2, 0.25) is 11.8 Å². The molecule has 3 aromatic carbocycles. The number of amides is 2. The van der Waals surface area contributed by atoms with Gasteiger partial charge >= 0.3 is 0 Å². The van der Waals surface area contributed by atoms with E-state index in [2.05, 4.69) is 27.9 Å². The molecule has 2 amide bonds. The Hall–Kier alpha value is -2.92. The van der Waals surface area contributed by atoms with Gasteiger partial charge in [0.25, 0.3) is 10.0 Å². The number of carbonyl (C=O) groups excluding carboxylic acids is 2. The highest BCUT2D eigenvalue weighted by molar-refractivity contribution is 14.1. The number of carbonyl (C=O) groups is 2. The van der Waals surface area contributed by atoms with Crippen LogP contribution in [0.25, 0.3) is 0 Å². The van der Waals surface area contributed by atoms with E-state index in [1.54, 1.807) is 49.4 Å². The predicted octanol–water partition coefficient (Wildman–Crippen LogP) is 5.27. The van der Waals surface area contributed by atoms with Crippen molar-refractivity contribution in [2.24, 2.45) is 0 Å². The zero-order chi connectivity index (χ0) is 28.0. The van der Waals surface area contributed by atoms with Crippen LogP contribution in [0, 0.1) is 10.5 Å². The first-order valence-electron chi connectivity index (χ1n) is 13.1. The summed E-state index contributed by atoms with van der Waals surface area (Å²) in [6.45, 7) is 3.42. The number of nitrogens with zero attached hydrogens (tertiary/aromatic N) is 2. The van der Waals surface area contributed by atoms with Gasteiger partial charge in [-0.15, -0.1) is 0 Å². The summed E-state index contributed by atoms with van der Waals surface area (Å²) < 4.78 is 29.7. The van der Waals surface area contributed by atoms with Crippen molar-refractivity contribution in [2.45, 2.75) is 63.1 Å². The lowest BCUT2D eigenvalue weighted by atomic mass is 10.1. The van der Waals surface area contributed by atoms with E-state index in [0.717, 1.165) is 44.7 Å². The van der Waals surface area contributed by atoms with Crippen molar-refractivity contribution in [3.8, 4) is 0 Å². The highest BCUT2D eigenvalue weighted by Crippen LogP contribution is 2.26. The summed E-state index contributed by atoms with van der Waals surface area (Å²) in [7, 11) is -4.06. The molecule has 0 radical (unpaired) electrons. The normalized spacial score (nSPS) is 14.5. The fourth-order valence-corrected chi connectivity index (χ4v) is 6.60. The fraction of sp³-hybridized carbons (Fsp3) is 0.333. The largest absolute Gasteiger partial charge is 0.352 e. The second-order valence-corrected chi connectivity index (χ2v) is 13.0. The van der Waals surface area contributed by atoms with E-state index in [-0.39, 0.29) is 23.4 Å². The van der Waals surface area contributed by atoms with E-state index in [4.69, 9.17) is 0 Å². The van der Waals surface area contributed by atoms with Gasteiger partial charge in [-0.05, 0) is 96.8 Å². The maximum Gasteiger partial charge on any atom is 0.264 e. The lowest BCUT2D eigenvalue weighted by Crippen LogP contribution is -2.52. The molecule has 0 bridgehead atoms. The molecule has 0 aromatic heterocycles. The van der Waals surface area contributed by atoms with Crippen LogP contribution in [-0.2, 0) is 26.2 Å². The Morgan fingerprint density at radius 1 is 0.949 bits per heavy atom. The lowest BCUT2D eigenvalue weighted by molar-refractivity contribution is -0.139. The standard InChI is InChI=1S/C30H34IN3O4S/c1-22-10-6-7-11-24(22)20-33(23(2)30(36)32-26-12-8-9-13-26)29(35)21-34(27-18-16-25(31)17-19-27)39(37,38)28-14-4-3-5-15-28/h3-7,10-11,14-19,23,26H,8-9,12-13,20-21H2,1-2H3,(H,32,36)/t23-/m1/s1. The molecule has 1 aliphatic rings. The van der Waals surface area contributed by atoms with Crippen molar-refractivity contribution >= 4 is 50.1 Å². The molecule has 3 aromatic rings. The van der Waals surface area contributed by atoms with Gasteiger partial charge in [0.15, 0.2) is 0 Å². The van der Waals surface area contributed by atoms with E-state index in [0.29, 0.717) is 5.69 Å². The molecule has 4 rings (SSSR count). The van der Waals surface area contributed by atoms with E-state index in [1.165, 1.54) is 17.0 Å². The van der Waals surface area contributed by atoms with Crippen LogP contribution in [0.4, 0.5) is 5.69 Å². The minimum Gasteiger partial charge on any atom is -0.352 e. The Kier molecular flexibility index (Phi) is 9.66. The number of nitrogens with one attached hydrogen (secondary N) is 1. The molecule has 1 saturated carbocycles. The molecule has 0 unspecified atom stereocenters. The Bertz CT molecular complexity index is 1390. The van der Waals surface area contributed by atoms with Gasteiger partial charge in [0, 0.05) is 16.2 Å². The Balaban J connectivity index is 1.68. The van der Waals surface area contributed by atoms with Crippen LogP contribution in [0.2, 0.25) is 0 Å². The number of benzene rings is 3. The van der Waals surface area contributed by atoms with Crippen molar-refractivity contribution in [2.75, 3.05) is 10.8 Å². The van der Waals surface area contributed by atoms with Gasteiger partial charge in [-0.25, -0.2) is 8.42 Å². The molecule has 9 heteroatoms. The van der Waals surface area contributed by atoms with Crippen molar-refractivity contribution in [3.05, 3.63) is 93.6 Å². The Labute approximate surface area is 244 Å². The molecule has 39 heavy (non-hydrogen) atoms. The van der Waals surface area contributed by atoms with Crippen molar-refractivity contribution < 1.29 is 18.0 Å². The smallest absolute Gasteiger partial charge is 0.264 e. The first kappa shape index (κ1) is 29.1. The first-order valence-corrected chi connectivity index (χ1v) is 15.7. The number of halogens is 1. The summed E-state index contributed by atoms with van der Waals surface area (Å²) in [5.41, 5.74) is 2.27. The average molecular weight is 660 g/mol. The molecule has 0 spiro atoms. The molecule has 1 N–H and O–H groups in total. The van der Waals surface area contributed by atoms with Crippen LogP contribution >= 0.6 is 22.6 Å². The zero-order valence-electron chi connectivity index (χ0n) is 22.2. The summed E-state index contributed by atoms with van der Waals surface area (Å²) in [5.74, 6) is -0.680. The number of anilines is 1.